The van der Waals surface area contributed by atoms with E-state index in [1.165, 1.54) is 30.3 Å². The van der Waals surface area contributed by atoms with Gasteiger partial charge in [-0.25, -0.2) is 0 Å². The lowest BCUT2D eigenvalue weighted by Crippen LogP contribution is -2.05. The van der Waals surface area contributed by atoms with Crippen molar-refractivity contribution in [2.45, 2.75) is 6.42 Å². The van der Waals surface area contributed by atoms with Gasteiger partial charge in [0.15, 0.2) is 5.43 Å². The summed E-state index contributed by atoms with van der Waals surface area (Å²) in [5.74, 6) is -0.974. The summed E-state index contributed by atoms with van der Waals surface area (Å²) in [7, 11) is 0. The second-order valence-corrected chi connectivity index (χ2v) is 5.67. The van der Waals surface area contributed by atoms with Crippen molar-refractivity contribution in [1.29, 1.82) is 0 Å². The molecule has 0 amide bonds. The lowest BCUT2D eigenvalue weighted by atomic mass is 10.1. The van der Waals surface area contributed by atoms with Crippen molar-refractivity contribution in [2.75, 3.05) is 0 Å². The van der Waals surface area contributed by atoms with Crippen LogP contribution in [0.1, 0.15) is 5.56 Å². The molecule has 0 unspecified atom stereocenters. The van der Waals surface area contributed by atoms with Gasteiger partial charge in [0.05, 0.1) is 16.7 Å². The van der Waals surface area contributed by atoms with Crippen LogP contribution >= 0.6 is 11.6 Å². The van der Waals surface area contributed by atoms with Crippen molar-refractivity contribution in [3.63, 3.8) is 0 Å². The maximum Gasteiger partial charge on any atom is 0.307 e. The summed E-state index contributed by atoms with van der Waals surface area (Å²) in [6.45, 7) is 0. The minimum absolute atomic E-state index is 0.0385. The van der Waals surface area contributed by atoms with Gasteiger partial charge < -0.3 is 9.52 Å². The Balaban J connectivity index is 2.24. The van der Waals surface area contributed by atoms with Crippen LogP contribution in [0, 0.1) is 10.1 Å². The summed E-state index contributed by atoms with van der Waals surface area (Å²) in [6, 6.07) is 9.88. The average molecular weight is 360 g/mol. The topological polar surface area (TPSA) is 111 Å². The third-order valence-electron chi connectivity index (χ3n) is 3.61. The number of rotatable bonds is 4. The van der Waals surface area contributed by atoms with E-state index in [1.807, 2.05) is 0 Å². The third kappa shape index (κ3) is 3.22. The van der Waals surface area contributed by atoms with Crippen molar-refractivity contribution in [2.24, 2.45) is 0 Å². The number of aliphatic carboxylic acids is 1. The number of fused-ring (bicyclic) bond motifs is 1. The zero-order chi connectivity index (χ0) is 18.1. The molecule has 8 heteroatoms. The first kappa shape index (κ1) is 16.7. The lowest BCUT2D eigenvalue weighted by molar-refractivity contribution is -0.384. The highest BCUT2D eigenvalue weighted by molar-refractivity contribution is 6.32. The van der Waals surface area contributed by atoms with Crippen LogP contribution in [-0.4, -0.2) is 16.0 Å². The van der Waals surface area contributed by atoms with Crippen molar-refractivity contribution in [3.05, 3.63) is 73.4 Å². The normalized spacial score (nSPS) is 10.8. The van der Waals surface area contributed by atoms with Gasteiger partial charge in [0.25, 0.3) is 5.69 Å². The number of halogens is 1. The van der Waals surface area contributed by atoms with Crippen molar-refractivity contribution >= 4 is 34.2 Å². The Hall–Kier alpha value is -3.19. The molecule has 0 spiro atoms. The van der Waals surface area contributed by atoms with E-state index in [4.69, 9.17) is 21.1 Å². The molecular weight excluding hydrogens is 350 g/mol. The SMILES string of the molecule is O=C(O)Cc1cccc2c(=O)cc(-c3ccc(Cl)c([N+](=O)[O-])c3)oc12. The zero-order valence-electron chi connectivity index (χ0n) is 12.6. The molecule has 1 heterocycles. The third-order valence-corrected chi connectivity index (χ3v) is 3.92. The summed E-state index contributed by atoms with van der Waals surface area (Å²) in [4.78, 5) is 33.7. The van der Waals surface area contributed by atoms with Crippen LogP contribution in [0.3, 0.4) is 0 Å². The summed E-state index contributed by atoms with van der Waals surface area (Å²) in [5.41, 5.74) is 0.0828. The maximum atomic E-state index is 12.3. The fourth-order valence-electron chi connectivity index (χ4n) is 2.49. The van der Waals surface area contributed by atoms with Gasteiger partial charge >= 0.3 is 5.97 Å². The van der Waals surface area contributed by atoms with E-state index >= 15 is 0 Å². The average Bonchev–Trinajstić information content (AvgIpc) is 2.55. The summed E-state index contributed by atoms with van der Waals surface area (Å²) < 4.78 is 5.71. The highest BCUT2D eigenvalue weighted by Gasteiger charge is 2.17. The molecule has 3 aromatic rings. The van der Waals surface area contributed by atoms with Gasteiger partial charge in [-0.05, 0) is 18.2 Å². The molecule has 0 aliphatic heterocycles. The first-order chi connectivity index (χ1) is 11.9. The summed E-state index contributed by atoms with van der Waals surface area (Å²) >= 11 is 5.79. The van der Waals surface area contributed by atoms with Crippen molar-refractivity contribution in [1.82, 2.24) is 0 Å². The highest BCUT2D eigenvalue weighted by atomic mass is 35.5. The molecule has 126 valence electrons. The molecule has 7 nitrogen and oxygen atoms in total. The van der Waals surface area contributed by atoms with E-state index in [-0.39, 0.29) is 39.3 Å². The fraction of sp³-hybridized carbons (Fsp3) is 0.0588. The van der Waals surface area contributed by atoms with Gasteiger partial charge in [-0.15, -0.1) is 0 Å². The molecule has 0 bridgehead atoms. The van der Waals surface area contributed by atoms with E-state index in [9.17, 15) is 19.7 Å². The van der Waals surface area contributed by atoms with E-state index in [0.29, 0.717) is 11.1 Å². The Kier molecular flexibility index (Phi) is 4.24. The maximum absolute atomic E-state index is 12.3. The van der Waals surface area contributed by atoms with E-state index in [0.717, 1.165) is 0 Å². The van der Waals surface area contributed by atoms with Crippen LogP contribution < -0.4 is 5.43 Å². The minimum Gasteiger partial charge on any atom is -0.481 e. The number of carboxylic acids is 1. The molecular formula is C17H10ClNO6. The number of hydrogen-bond acceptors (Lipinski definition) is 5. The molecule has 1 aromatic heterocycles. The second-order valence-electron chi connectivity index (χ2n) is 5.26. The van der Waals surface area contributed by atoms with Crippen LogP contribution in [0.5, 0.6) is 0 Å². The molecule has 2 aromatic carbocycles. The number of nitro benzene ring substituents is 1. The van der Waals surface area contributed by atoms with E-state index in [1.54, 1.807) is 12.1 Å². The van der Waals surface area contributed by atoms with Gasteiger partial charge in [-0.1, -0.05) is 23.7 Å². The Morgan fingerprint density at radius 3 is 2.68 bits per heavy atom. The minimum atomic E-state index is -1.07. The molecule has 25 heavy (non-hydrogen) atoms. The van der Waals surface area contributed by atoms with Gasteiger partial charge in [0, 0.05) is 23.3 Å². The van der Waals surface area contributed by atoms with Gasteiger partial charge in [-0.2, -0.15) is 0 Å². The van der Waals surface area contributed by atoms with Crippen LogP contribution in [0.2, 0.25) is 5.02 Å². The van der Waals surface area contributed by atoms with Crippen molar-refractivity contribution < 1.29 is 19.2 Å². The molecule has 0 saturated carbocycles. The Bertz CT molecular complexity index is 1070. The van der Waals surface area contributed by atoms with Gasteiger partial charge in [-0.3, -0.25) is 19.7 Å². The number of hydrogen-bond donors (Lipinski definition) is 1. The molecule has 1 N–H and O–H groups in total. The first-order valence-electron chi connectivity index (χ1n) is 7.08. The largest absolute Gasteiger partial charge is 0.481 e. The molecule has 0 aliphatic carbocycles. The smallest absolute Gasteiger partial charge is 0.307 e. The standard InChI is InChI=1S/C17H10ClNO6/c18-12-5-4-9(6-13(12)19(23)24)15-8-14(20)11-3-1-2-10(7-16(21)22)17(11)25-15/h1-6,8H,7H2,(H,21,22). The van der Waals surface area contributed by atoms with Crippen LogP contribution in [0.25, 0.3) is 22.3 Å². The summed E-state index contributed by atoms with van der Waals surface area (Å²) in [5, 5.41) is 20.2. The molecule has 0 saturated heterocycles. The Labute approximate surface area is 145 Å². The van der Waals surface area contributed by atoms with Crippen LogP contribution in [0.15, 0.2) is 51.7 Å². The number of nitro groups is 1. The zero-order valence-corrected chi connectivity index (χ0v) is 13.3. The number of nitrogens with zero attached hydrogens (tertiary/aromatic N) is 1. The second kappa shape index (κ2) is 6.37. The number of carboxylic acid groups (broad SMARTS) is 1. The summed E-state index contributed by atoms with van der Waals surface area (Å²) in [6.07, 6.45) is -0.315. The van der Waals surface area contributed by atoms with E-state index < -0.39 is 10.9 Å². The lowest BCUT2D eigenvalue weighted by Gasteiger charge is -2.07. The van der Waals surface area contributed by atoms with E-state index in [2.05, 4.69) is 0 Å². The predicted molar refractivity (Wildman–Crippen MR) is 90.9 cm³/mol. The first-order valence-corrected chi connectivity index (χ1v) is 7.46. The van der Waals surface area contributed by atoms with Gasteiger partial charge in [0.2, 0.25) is 0 Å². The highest BCUT2D eigenvalue weighted by Crippen LogP contribution is 2.31. The molecule has 0 aliphatic rings. The predicted octanol–water partition coefficient (Wildman–Crippen LogP) is 3.65. The Morgan fingerprint density at radius 1 is 1.24 bits per heavy atom. The number of para-hydroxylation sites is 1. The molecule has 0 radical (unpaired) electrons. The van der Waals surface area contributed by atoms with Crippen molar-refractivity contribution in [3.8, 4) is 11.3 Å². The van der Waals surface area contributed by atoms with Gasteiger partial charge in [0.1, 0.15) is 16.4 Å². The van der Waals surface area contributed by atoms with Crippen LogP contribution in [0.4, 0.5) is 5.69 Å². The number of benzene rings is 2. The monoisotopic (exact) mass is 359 g/mol. The Morgan fingerprint density at radius 2 is 2.00 bits per heavy atom. The molecule has 0 atom stereocenters. The molecule has 3 rings (SSSR count). The van der Waals surface area contributed by atoms with Crippen LogP contribution in [-0.2, 0) is 11.2 Å². The quantitative estimate of drug-likeness (QED) is 0.562. The number of carbonyl (C=O) groups is 1. The fourth-order valence-corrected chi connectivity index (χ4v) is 2.67. The molecule has 0 fully saturated rings.